The number of rotatable bonds is 5. The number of anilines is 1. The van der Waals surface area contributed by atoms with Crippen LogP contribution in [-0.2, 0) is 6.54 Å². The highest BCUT2D eigenvalue weighted by Crippen LogP contribution is 2.23. The third-order valence-electron chi connectivity index (χ3n) is 4.47. The predicted molar refractivity (Wildman–Crippen MR) is 94.2 cm³/mol. The fourth-order valence-electron chi connectivity index (χ4n) is 2.88. The number of aromatic nitrogens is 2. The minimum absolute atomic E-state index is 0.0776. The van der Waals surface area contributed by atoms with Crippen molar-refractivity contribution in [3.8, 4) is 0 Å². The van der Waals surface area contributed by atoms with Crippen molar-refractivity contribution >= 4 is 23.1 Å². The first kappa shape index (κ1) is 15.5. The van der Waals surface area contributed by atoms with E-state index in [1.54, 1.807) is 17.5 Å². The van der Waals surface area contributed by atoms with Crippen LogP contribution in [0.25, 0.3) is 0 Å². The molecule has 1 amide bonds. The van der Waals surface area contributed by atoms with Crippen LogP contribution in [0.4, 0.5) is 5.82 Å². The molecule has 0 bridgehead atoms. The van der Waals surface area contributed by atoms with Crippen molar-refractivity contribution < 1.29 is 4.79 Å². The fourth-order valence-corrected chi connectivity index (χ4v) is 3.43. The van der Waals surface area contributed by atoms with Gasteiger partial charge in [-0.2, -0.15) is 0 Å². The molecule has 1 aliphatic heterocycles. The fraction of sp³-hybridized carbons (Fsp3) is 0.471. The van der Waals surface area contributed by atoms with Crippen molar-refractivity contribution in [1.82, 2.24) is 19.8 Å². The van der Waals surface area contributed by atoms with E-state index in [0.29, 0.717) is 11.6 Å². The molecule has 0 spiro atoms. The number of carbonyl (C=O) groups excluding carboxylic acids is 1. The first-order valence-electron chi connectivity index (χ1n) is 8.39. The van der Waals surface area contributed by atoms with Gasteiger partial charge in [-0.25, -0.2) is 9.97 Å². The van der Waals surface area contributed by atoms with Crippen LogP contribution >= 0.6 is 11.3 Å². The minimum Gasteiger partial charge on any atom is -0.367 e. The van der Waals surface area contributed by atoms with E-state index < -0.39 is 0 Å². The van der Waals surface area contributed by atoms with Gasteiger partial charge in [0.1, 0.15) is 5.82 Å². The first-order chi connectivity index (χ1) is 11.8. The first-order valence-corrected chi connectivity index (χ1v) is 9.33. The molecule has 0 atom stereocenters. The van der Waals surface area contributed by atoms with Gasteiger partial charge in [0.2, 0.25) is 0 Å². The molecule has 0 aromatic carbocycles. The second kappa shape index (κ2) is 6.86. The Morgan fingerprint density at radius 2 is 2.04 bits per heavy atom. The number of hydrogen-bond acceptors (Lipinski definition) is 6. The molecule has 2 aliphatic rings. The second-order valence-corrected chi connectivity index (χ2v) is 7.12. The second-order valence-electron chi connectivity index (χ2n) is 6.40. The molecule has 2 fully saturated rings. The van der Waals surface area contributed by atoms with Crippen molar-refractivity contribution in [2.24, 2.45) is 0 Å². The molecule has 2 aromatic rings. The lowest BCUT2D eigenvalue weighted by atomic mass is 10.2. The zero-order chi connectivity index (χ0) is 16.4. The van der Waals surface area contributed by atoms with Crippen molar-refractivity contribution in [2.45, 2.75) is 25.4 Å². The van der Waals surface area contributed by atoms with Gasteiger partial charge in [0, 0.05) is 50.3 Å². The molecule has 1 saturated heterocycles. The smallest absolute Gasteiger partial charge is 0.255 e. The standard InChI is InChI=1S/C17H21N5OS/c23-17(13-1-4-16(18-9-13)20-14-2-3-14)22-7-5-21(6-8-22)10-15-11-24-12-19-15/h1,4,9,11-12,14H,2-3,5-8,10H2,(H,18,20). The Balaban J connectivity index is 1.30. The summed E-state index contributed by atoms with van der Waals surface area (Å²) in [6.07, 6.45) is 4.12. The summed E-state index contributed by atoms with van der Waals surface area (Å²) >= 11 is 1.63. The van der Waals surface area contributed by atoms with Gasteiger partial charge < -0.3 is 10.2 Å². The Morgan fingerprint density at radius 1 is 1.21 bits per heavy atom. The van der Waals surface area contributed by atoms with E-state index in [1.807, 2.05) is 22.5 Å². The number of piperazine rings is 1. The Hall–Kier alpha value is -1.99. The van der Waals surface area contributed by atoms with Crippen LogP contribution in [0.5, 0.6) is 0 Å². The van der Waals surface area contributed by atoms with Gasteiger partial charge in [0.15, 0.2) is 0 Å². The summed E-state index contributed by atoms with van der Waals surface area (Å²) in [7, 11) is 0. The lowest BCUT2D eigenvalue weighted by Crippen LogP contribution is -2.48. The Bertz CT molecular complexity index is 676. The number of carbonyl (C=O) groups is 1. The SMILES string of the molecule is O=C(c1ccc(NC2CC2)nc1)N1CCN(Cc2cscn2)CC1. The van der Waals surface area contributed by atoms with Crippen LogP contribution in [0.1, 0.15) is 28.9 Å². The van der Waals surface area contributed by atoms with Crippen molar-refractivity contribution in [3.05, 3.63) is 40.5 Å². The summed E-state index contributed by atoms with van der Waals surface area (Å²) in [6.45, 7) is 4.15. The zero-order valence-corrected chi connectivity index (χ0v) is 14.3. The number of nitrogens with one attached hydrogen (secondary N) is 1. The molecular formula is C17H21N5OS. The average molecular weight is 343 g/mol. The lowest BCUT2D eigenvalue weighted by Gasteiger charge is -2.34. The summed E-state index contributed by atoms with van der Waals surface area (Å²) < 4.78 is 0. The Kier molecular flexibility index (Phi) is 4.44. The molecule has 3 heterocycles. The molecule has 24 heavy (non-hydrogen) atoms. The van der Waals surface area contributed by atoms with Crippen molar-refractivity contribution in [2.75, 3.05) is 31.5 Å². The maximum absolute atomic E-state index is 12.6. The summed E-state index contributed by atoms with van der Waals surface area (Å²) in [4.78, 5) is 25.6. The third kappa shape index (κ3) is 3.73. The van der Waals surface area contributed by atoms with Gasteiger partial charge in [-0.3, -0.25) is 9.69 Å². The third-order valence-corrected chi connectivity index (χ3v) is 5.10. The molecule has 1 saturated carbocycles. The number of nitrogens with zero attached hydrogens (tertiary/aromatic N) is 4. The van der Waals surface area contributed by atoms with Crippen molar-refractivity contribution in [1.29, 1.82) is 0 Å². The number of pyridine rings is 1. The molecule has 126 valence electrons. The highest BCUT2D eigenvalue weighted by Gasteiger charge is 2.24. The van der Waals surface area contributed by atoms with Crippen LogP contribution in [0.3, 0.4) is 0 Å². The topological polar surface area (TPSA) is 61.4 Å². The normalized spacial score (nSPS) is 18.6. The molecule has 2 aromatic heterocycles. The van der Waals surface area contributed by atoms with Crippen molar-refractivity contribution in [3.63, 3.8) is 0 Å². The van der Waals surface area contributed by atoms with E-state index in [9.17, 15) is 4.79 Å². The minimum atomic E-state index is 0.0776. The van der Waals surface area contributed by atoms with Gasteiger partial charge in [-0.1, -0.05) is 0 Å². The molecule has 1 aliphatic carbocycles. The summed E-state index contributed by atoms with van der Waals surface area (Å²) in [5, 5.41) is 5.42. The Morgan fingerprint density at radius 3 is 2.67 bits per heavy atom. The van der Waals surface area contributed by atoms with Gasteiger partial charge in [-0.15, -0.1) is 11.3 Å². The highest BCUT2D eigenvalue weighted by molar-refractivity contribution is 7.07. The maximum atomic E-state index is 12.6. The van der Waals surface area contributed by atoms with E-state index in [1.165, 1.54) is 12.8 Å². The molecule has 1 N–H and O–H groups in total. The molecular weight excluding hydrogens is 322 g/mol. The van der Waals surface area contributed by atoms with Crippen LogP contribution in [0.2, 0.25) is 0 Å². The molecule has 0 radical (unpaired) electrons. The summed E-state index contributed by atoms with van der Waals surface area (Å²) in [5.74, 6) is 0.941. The van der Waals surface area contributed by atoms with Gasteiger partial charge in [0.05, 0.1) is 16.8 Å². The summed E-state index contributed by atoms with van der Waals surface area (Å²) in [6, 6.07) is 4.36. The van der Waals surface area contributed by atoms with E-state index in [0.717, 1.165) is 44.2 Å². The van der Waals surface area contributed by atoms with E-state index >= 15 is 0 Å². The number of thiazole rings is 1. The highest BCUT2D eigenvalue weighted by atomic mass is 32.1. The quantitative estimate of drug-likeness (QED) is 0.900. The zero-order valence-electron chi connectivity index (χ0n) is 13.5. The monoisotopic (exact) mass is 343 g/mol. The predicted octanol–water partition coefficient (Wildman–Crippen LogP) is 2.07. The van der Waals surface area contributed by atoms with E-state index in [2.05, 4.69) is 25.6 Å². The maximum Gasteiger partial charge on any atom is 0.255 e. The molecule has 7 heteroatoms. The lowest BCUT2D eigenvalue weighted by molar-refractivity contribution is 0.0627. The summed E-state index contributed by atoms with van der Waals surface area (Å²) in [5.41, 5.74) is 3.65. The van der Waals surface area contributed by atoms with E-state index in [-0.39, 0.29) is 5.91 Å². The van der Waals surface area contributed by atoms with Gasteiger partial charge in [0.25, 0.3) is 5.91 Å². The van der Waals surface area contributed by atoms with Gasteiger partial charge >= 0.3 is 0 Å². The van der Waals surface area contributed by atoms with E-state index in [4.69, 9.17) is 0 Å². The number of amides is 1. The van der Waals surface area contributed by atoms with Crippen LogP contribution in [0, 0.1) is 0 Å². The van der Waals surface area contributed by atoms with Crippen LogP contribution in [-0.4, -0.2) is 57.9 Å². The van der Waals surface area contributed by atoms with Gasteiger partial charge in [-0.05, 0) is 25.0 Å². The molecule has 0 unspecified atom stereocenters. The Labute approximate surface area is 145 Å². The largest absolute Gasteiger partial charge is 0.367 e. The van der Waals surface area contributed by atoms with Crippen LogP contribution in [0.15, 0.2) is 29.2 Å². The number of hydrogen-bond donors (Lipinski definition) is 1. The molecule has 4 rings (SSSR count). The van der Waals surface area contributed by atoms with Crippen LogP contribution < -0.4 is 5.32 Å². The average Bonchev–Trinajstić information content (AvgIpc) is 3.28. The molecule has 6 nitrogen and oxygen atoms in total.